The van der Waals surface area contributed by atoms with Gasteiger partial charge >= 0.3 is 5.97 Å². The molecule has 1 unspecified atom stereocenters. The van der Waals surface area contributed by atoms with Crippen LogP contribution in [0.5, 0.6) is 0 Å². The number of anilines is 2. The van der Waals surface area contributed by atoms with Gasteiger partial charge in [0.2, 0.25) is 10.0 Å². The molecular formula is C21H33N3O5S. The molecule has 8 nitrogen and oxygen atoms in total. The first kappa shape index (κ1) is 24.1. The lowest BCUT2D eigenvalue weighted by molar-refractivity contribution is -0.160. The SMILES string of the molecule is CCN(CCNS(C)(=O)=O)c1ccc(NCOC(=O)C2(C)CCCCC2=O)c(C)c1. The van der Waals surface area contributed by atoms with Crippen molar-refractivity contribution in [2.75, 3.05) is 42.8 Å². The molecule has 30 heavy (non-hydrogen) atoms. The van der Waals surface area contributed by atoms with Crippen molar-refractivity contribution in [2.45, 2.75) is 46.5 Å². The topological polar surface area (TPSA) is 105 Å². The number of aryl methyl sites for hydroxylation is 1. The molecule has 1 aliphatic carbocycles. The molecule has 1 aliphatic rings. The molecule has 2 rings (SSSR count). The van der Waals surface area contributed by atoms with Gasteiger partial charge in [-0.1, -0.05) is 6.42 Å². The van der Waals surface area contributed by atoms with E-state index in [2.05, 4.69) is 14.9 Å². The minimum atomic E-state index is -3.21. The first-order valence-corrected chi connectivity index (χ1v) is 12.2. The quantitative estimate of drug-likeness (QED) is 0.328. The van der Waals surface area contributed by atoms with Gasteiger partial charge in [-0.25, -0.2) is 13.1 Å². The molecule has 0 amide bonds. The third-order valence-corrected chi connectivity index (χ3v) is 6.29. The van der Waals surface area contributed by atoms with Gasteiger partial charge in [0.05, 0.1) is 6.26 Å². The van der Waals surface area contributed by atoms with Crippen LogP contribution in [0.1, 0.15) is 45.1 Å². The summed E-state index contributed by atoms with van der Waals surface area (Å²) < 4.78 is 30.3. The second kappa shape index (κ2) is 10.3. The number of carbonyl (C=O) groups is 2. The zero-order valence-electron chi connectivity index (χ0n) is 18.3. The van der Waals surface area contributed by atoms with Crippen LogP contribution in [0.3, 0.4) is 0 Å². The third-order valence-electron chi connectivity index (χ3n) is 5.57. The number of nitrogens with one attached hydrogen (secondary N) is 2. The number of hydrogen-bond acceptors (Lipinski definition) is 7. The lowest BCUT2D eigenvalue weighted by Gasteiger charge is -2.29. The van der Waals surface area contributed by atoms with Crippen LogP contribution in [-0.2, 0) is 24.3 Å². The Morgan fingerprint density at radius 1 is 1.30 bits per heavy atom. The zero-order chi connectivity index (χ0) is 22.4. The average Bonchev–Trinajstić information content (AvgIpc) is 2.68. The highest BCUT2D eigenvalue weighted by Crippen LogP contribution is 2.34. The molecule has 168 valence electrons. The van der Waals surface area contributed by atoms with Gasteiger partial charge in [0.15, 0.2) is 6.73 Å². The molecule has 0 radical (unpaired) electrons. The molecule has 0 heterocycles. The summed E-state index contributed by atoms with van der Waals surface area (Å²) in [5, 5.41) is 3.10. The van der Waals surface area contributed by atoms with Gasteiger partial charge in [0.1, 0.15) is 11.2 Å². The van der Waals surface area contributed by atoms with E-state index in [4.69, 9.17) is 4.74 Å². The third kappa shape index (κ3) is 6.43. The maximum Gasteiger partial charge on any atom is 0.321 e. The van der Waals surface area contributed by atoms with Crippen LogP contribution in [0, 0.1) is 12.3 Å². The molecule has 1 fully saturated rings. The summed E-state index contributed by atoms with van der Waals surface area (Å²) in [5.74, 6) is -0.506. The Hall–Kier alpha value is -2.13. The van der Waals surface area contributed by atoms with Crippen LogP contribution < -0.4 is 14.9 Å². The Morgan fingerprint density at radius 3 is 2.63 bits per heavy atom. The molecular weight excluding hydrogens is 406 g/mol. The van der Waals surface area contributed by atoms with Crippen molar-refractivity contribution in [3.05, 3.63) is 23.8 Å². The van der Waals surface area contributed by atoms with Gasteiger partial charge in [0.25, 0.3) is 0 Å². The van der Waals surface area contributed by atoms with Gasteiger partial charge < -0.3 is 15.0 Å². The number of Topliss-reactive ketones (excluding diaryl/α,β-unsaturated/α-hetero) is 1. The number of hydrogen-bond donors (Lipinski definition) is 2. The summed E-state index contributed by atoms with van der Waals surface area (Å²) in [4.78, 5) is 26.6. The van der Waals surface area contributed by atoms with E-state index in [0.717, 1.165) is 42.6 Å². The molecule has 9 heteroatoms. The lowest BCUT2D eigenvalue weighted by atomic mass is 9.75. The van der Waals surface area contributed by atoms with E-state index in [0.29, 0.717) is 25.9 Å². The van der Waals surface area contributed by atoms with E-state index < -0.39 is 21.4 Å². The van der Waals surface area contributed by atoms with Crippen LogP contribution in [0.2, 0.25) is 0 Å². The Balaban J connectivity index is 1.91. The van der Waals surface area contributed by atoms with E-state index >= 15 is 0 Å². The second-order valence-corrected chi connectivity index (χ2v) is 9.79. The van der Waals surface area contributed by atoms with Gasteiger partial charge in [-0.2, -0.15) is 0 Å². The van der Waals surface area contributed by atoms with Crippen LogP contribution in [0.4, 0.5) is 11.4 Å². The van der Waals surface area contributed by atoms with E-state index in [9.17, 15) is 18.0 Å². The van der Waals surface area contributed by atoms with Gasteiger partial charge in [-0.15, -0.1) is 0 Å². The predicted molar refractivity (Wildman–Crippen MR) is 118 cm³/mol. The highest BCUT2D eigenvalue weighted by atomic mass is 32.2. The number of sulfonamides is 1. The van der Waals surface area contributed by atoms with E-state index in [1.165, 1.54) is 0 Å². The molecule has 2 N–H and O–H groups in total. The molecule has 0 saturated heterocycles. The first-order chi connectivity index (χ1) is 14.1. The predicted octanol–water partition coefficient (Wildman–Crippen LogP) is 2.43. The molecule has 1 saturated carbocycles. The minimum Gasteiger partial charge on any atom is -0.444 e. The normalized spacial score (nSPS) is 19.4. The number of carbonyl (C=O) groups excluding carboxylic acids is 2. The number of esters is 1. The smallest absolute Gasteiger partial charge is 0.321 e. The summed E-state index contributed by atoms with van der Waals surface area (Å²) >= 11 is 0. The first-order valence-electron chi connectivity index (χ1n) is 10.3. The van der Waals surface area contributed by atoms with Crippen LogP contribution >= 0.6 is 0 Å². The van der Waals surface area contributed by atoms with Gasteiger partial charge in [-0.05, 0) is 57.4 Å². The fourth-order valence-corrected chi connectivity index (χ4v) is 4.07. The van der Waals surface area contributed by atoms with Gasteiger partial charge in [0, 0.05) is 37.4 Å². The zero-order valence-corrected chi connectivity index (χ0v) is 19.1. The molecule has 0 aliphatic heterocycles. The van der Waals surface area contributed by atoms with Crippen molar-refractivity contribution in [2.24, 2.45) is 5.41 Å². The largest absolute Gasteiger partial charge is 0.444 e. The summed E-state index contributed by atoms with van der Waals surface area (Å²) in [5.41, 5.74) is 1.75. The van der Waals surface area contributed by atoms with Crippen LogP contribution in [0.15, 0.2) is 18.2 Å². The number of benzene rings is 1. The van der Waals surface area contributed by atoms with Crippen molar-refractivity contribution < 1.29 is 22.7 Å². The molecule has 0 spiro atoms. The average molecular weight is 440 g/mol. The maximum atomic E-state index is 12.4. The second-order valence-electron chi connectivity index (χ2n) is 7.96. The van der Waals surface area contributed by atoms with Crippen LogP contribution in [0.25, 0.3) is 0 Å². The number of ketones is 1. The number of likely N-dealkylation sites (N-methyl/N-ethyl adjacent to an activating group) is 1. The van der Waals surface area contributed by atoms with E-state index in [1.54, 1.807) is 6.92 Å². The Bertz CT molecular complexity index is 871. The monoisotopic (exact) mass is 439 g/mol. The Kier molecular flexibility index (Phi) is 8.25. The molecule has 1 aromatic carbocycles. The van der Waals surface area contributed by atoms with Crippen molar-refractivity contribution in [3.8, 4) is 0 Å². The minimum absolute atomic E-state index is 0.00232. The fourth-order valence-electron chi connectivity index (χ4n) is 3.61. The highest BCUT2D eigenvalue weighted by molar-refractivity contribution is 7.88. The molecule has 1 aromatic rings. The molecule has 0 aromatic heterocycles. The van der Waals surface area contributed by atoms with Crippen molar-refractivity contribution in [1.29, 1.82) is 0 Å². The van der Waals surface area contributed by atoms with Gasteiger partial charge in [-0.3, -0.25) is 9.59 Å². The van der Waals surface area contributed by atoms with Crippen molar-refractivity contribution in [1.82, 2.24) is 4.72 Å². The summed E-state index contributed by atoms with van der Waals surface area (Å²) in [6.07, 6.45) is 3.82. The molecule has 0 bridgehead atoms. The number of rotatable bonds is 10. The summed E-state index contributed by atoms with van der Waals surface area (Å²) in [6.45, 7) is 7.25. The summed E-state index contributed by atoms with van der Waals surface area (Å²) in [7, 11) is -3.21. The van der Waals surface area contributed by atoms with Crippen molar-refractivity contribution in [3.63, 3.8) is 0 Å². The standard InChI is InChI=1S/C21H33N3O5S/c1-5-24(13-12-23-30(4,27)28)17-9-10-18(16(2)14-17)22-15-29-20(26)21(3)11-7-6-8-19(21)25/h9-10,14,22-23H,5-8,11-13,15H2,1-4H3. The van der Waals surface area contributed by atoms with Crippen molar-refractivity contribution >= 4 is 33.2 Å². The molecule has 1 atom stereocenters. The van der Waals surface area contributed by atoms with E-state index in [-0.39, 0.29) is 12.5 Å². The highest BCUT2D eigenvalue weighted by Gasteiger charge is 2.43. The maximum absolute atomic E-state index is 12.4. The number of ether oxygens (including phenoxy) is 1. The Labute approximate surface area is 179 Å². The lowest BCUT2D eigenvalue weighted by Crippen LogP contribution is -2.40. The fraction of sp³-hybridized carbons (Fsp3) is 0.619. The summed E-state index contributed by atoms with van der Waals surface area (Å²) in [6, 6.07) is 5.84. The number of nitrogens with zero attached hydrogens (tertiary/aromatic N) is 1. The van der Waals surface area contributed by atoms with Crippen LogP contribution in [-0.4, -0.2) is 52.8 Å². The Morgan fingerprint density at radius 2 is 2.03 bits per heavy atom. The van der Waals surface area contributed by atoms with E-state index in [1.807, 2.05) is 32.0 Å².